The Hall–Kier alpha value is -1.26. The first-order valence-electron chi connectivity index (χ1n) is 6.42. The van der Waals surface area contributed by atoms with Crippen LogP contribution < -0.4 is 5.32 Å². The molecule has 0 radical (unpaired) electrons. The van der Waals surface area contributed by atoms with Crippen molar-refractivity contribution in [3.8, 4) is 0 Å². The van der Waals surface area contributed by atoms with Crippen molar-refractivity contribution < 1.29 is 19.4 Å². The number of hydrogen-bond donors (Lipinski definition) is 2. The van der Waals surface area contributed by atoms with Crippen LogP contribution in [-0.2, 0) is 9.53 Å². The molecular formula is C13H23NO4. The monoisotopic (exact) mass is 257 g/mol. The van der Waals surface area contributed by atoms with Crippen molar-refractivity contribution in [1.82, 2.24) is 5.32 Å². The summed E-state index contributed by atoms with van der Waals surface area (Å²) in [4.78, 5) is 23.3. The van der Waals surface area contributed by atoms with Crippen LogP contribution in [0.15, 0.2) is 0 Å². The number of carbonyl (C=O) groups excluding carboxylic acids is 1. The minimum Gasteiger partial charge on any atom is -0.479 e. The summed E-state index contributed by atoms with van der Waals surface area (Å²) in [6, 6.07) is 0. The van der Waals surface area contributed by atoms with Crippen LogP contribution in [0.2, 0.25) is 0 Å². The minimum absolute atomic E-state index is 0.0868. The van der Waals surface area contributed by atoms with E-state index in [0.717, 1.165) is 19.3 Å². The van der Waals surface area contributed by atoms with E-state index in [4.69, 9.17) is 4.74 Å². The van der Waals surface area contributed by atoms with Crippen molar-refractivity contribution in [3.63, 3.8) is 0 Å². The molecule has 1 amide bonds. The van der Waals surface area contributed by atoms with Gasteiger partial charge < -0.3 is 15.2 Å². The summed E-state index contributed by atoms with van der Waals surface area (Å²) in [6.45, 7) is 7.13. The van der Waals surface area contributed by atoms with Crippen LogP contribution in [0.25, 0.3) is 0 Å². The third kappa shape index (κ3) is 3.37. The standard InChI is InChI=1S/C13H23NO4/c1-9-7-5-6-8-13(9,10(15)16)14-11(17)18-12(2,3)4/h9H,5-8H2,1-4H3,(H,14,17)(H,15,16)/t9-,13+/m0/s1. The number of amides is 1. The fourth-order valence-electron chi connectivity index (χ4n) is 2.39. The molecule has 0 aliphatic heterocycles. The molecule has 1 aliphatic rings. The summed E-state index contributed by atoms with van der Waals surface area (Å²) >= 11 is 0. The second-order valence-electron chi connectivity index (χ2n) is 6.05. The lowest BCUT2D eigenvalue weighted by molar-refractivity contribution is -0.148. The fourth-order valence-corrected chi connectivity index (χ4v) is 2.39. The van der Waals surface area contributed by atoms with Crippen LogP contribution in [0.4, 0.5) is 4.79 Å². The average molecular weight is 257 g/mol. The zero-order chi connectivity index (χ0) is 14.0. The van der Waals surface area contributed by atoms with E-state index in [1.54, 1.807) is 20.8 Å². The first-order valence-corrected chi connectivity index (χ1v) is 6.42. The maximum atomic E-state index is 11.8. The molecule has 2 atom stereocenters. The smallest absolute Gasteiger partial charge is 0.408 e. The Kier molecular flexibility index (Phi) is 4.24. The molecule has 1 rings (SSSR count). The van der Waals surface area contributed by atoms with Crippen LogP contribution >= 0.6 is 0 Å². The third-order valence-corrected chi connectivity index (χ3v) is 3.41. The molecule has 0 aromatic rings. The highest BCUT2D eigenvalue weighted by Crippen LogP contribution is 2.34. The van der Waals surface area contributed by atoms with Crippen molar-refractivity contribution in [2.75, 3.05) is 0 Å². The second-order valence-corrected chi connectivity index (χ2v) is 6.05. The van der Waals surface area contributed by atoms with E-state index in [9.17, 15) is 14.7 Å². The molecule has 0 unspecified atom stereocenters. The Morgan fingerprint density at radius 2 is 1.94 bits per heavy atom. The molecule has 1 saturated carbocycles. The van der Waals surface area contributed by atoms with Crippen LogP contribution in [0.1, 0.15) is 53.4 Å². The fraction of sp³-hybridized carbons (Fsp3) is 0.846. The van der Waals surface area contributed by atoms with E-state index in [2.05, 4.69) is 5.32 Å². The molecule has 0 aromatic heterocycles. The lowest BCUT2D eigenvalue weighted by atomic mass is 9.73. The number of aliphatic carboxylic acids is 1. The van der Waals surface area contributed by atoms with Gasteiger partial charge in [-0.05, 0) is 39.5 Å². The summed E-state index contributed by atoms with van der Waals surface area (Å²) < 4.78 is 5.15. The number of alkyl carbamates (subject to hydrolysis) is 1. The predicted octanol–water partition coefficient (Wildman–Crippen LogP) is 2.54. The first-order chi connectivity index (χ1) is 8.17. The molecule has 0 bridgehead atoms. The van der Waals surface area contributed by atoms with Gasteiger partial charge in [-0.25, -0.2) is 9.59 Å². The summed E-state index contributed by atoms with van der Waals surface area (Å²) in [5.74, 6) is -1.06. The number of carboxylic acid groups (broad SMARTS) is 1. The summed E-state index contributed by atoms with van der Waals surface area (Å²) in [7, 11) is 0. The van der Waals surface area contributed by atoms with Crippen LogP contribution in [-0.4, -0.2) is 28.3 Å². The van der Waals surface area contributed by atoms with Crippen molar-refractivity contribution in [3.05, 3.63) is 0 Å². The predicted molar refractivity (Wildman–Crippen MR) is 67.4 cm³/mol. The number of carbonyl (C=O) groups is 2. The van der Waals surface area contributed by atoms with Crippen molar-refractivity contribution in [1.29, 1.82) is 0 Å². The van der Waals surface area contributed by atoms with E-state index in [1.165, 1.54) is 0 Å². The SMILES string of the molecule is C[C@H]1CCCC[C@]1(NC(=O)OC(C)(C)C)C(=O)O. The minimum atomic E-state index is -1.18. The van der Waals surface area contributed by atoms with Gasteiger partial charge in [-0.15, -0.1) is 0 Å². The highest BCUT2D eigenvalue weighted by molar-refractivity contribution is 5.85. The van der Waals surface area contributed by atoms with E-state index in [1.807, 2.05) is 6.92 Å². The molecule has 0 heterocycles. The number of ether oxygens (including phenoxy) is 1. The van der Waals surface area contributed by atoms with Crippen molar-refractivity contribution >= 4 is 12.1 Å². The summed E-state index contributed by atoms with van der Waals surface area (Å²) in [5.41, 5.74) is -1.80. The van der Waals surface area contributed by atoms with Crippen LogP contribution in [0.5, 0.6) is 0 Å². The Labute approximate surface area is 108 Å². The largest absolute Gasteiger partial charge is 0.479 e. The molecule has 0 saturated heterocycles. The Morgan fingerprint density at radius 3 is 2.39 bits per heavy atom. The van der Waals surface area contributed by atoms with E-state index in [0.29, 0.717) is 6.42 Å². The van der Waals surface area contributed by atoms with Gasteiger partial charge in [-0.2, -0.15) is 0 Å². The highest BCUT2D eigenvalue weighted by Gasteiger charge is 2.47. The molecule has 2 N–H and O–H groups in total. The van der Waals surface area contributed by atoms with Gasteiger partial charge in [0, 0.05) is 0 Å². The normalized spacial score (nSPS) is 28.6. The molecular weight excluding hydrogens is 234 g/mol. The molecule has 1 fully saturated rings. The van der Waals surface area contributed by atoms with E-state index in [-0.39, 0.29) is 5.92 Å². The topological polar surface area (TPSA) is 75.6 Å². The van der Waals surface area contributed by atoms with Gasteiger partial charge in [0.1, 0.15) is 11.1 Å². The molecule has 18 heavy (non-hydrogen) atoms. The summed E-state index contributed by atoms with van der Waals surface area (Å²) in [6.07, 6.45) is 2.43. The zero-order valence-electron chi connectivity index (χ0n) is 11.6. The number of carboxylic acids is 1. The first kappa shape index (κ1) is 14.8. The molecule has 5 heteroatoms. The number of hydrogen-bond acceptors (Lipinski definition) is 3. The lowest BCUT2D eigenvalue weighted by Gasteiger charge is -2.39. The van der Waals surface area contributed by atoms with Crippen LogP contribution in [0.3, 0.4) is 0 Å². The van der Waals surface area contributed by atoms with Gasteiger partial charge in [0.15, 0.2) is 0 Å². The quantitative estimate of drug-likeness (QED) is 0.797. The number of nitrogens with one attached hydrogen (secondary N) is 1. The van der Waals surface area contributed by atoms with Gasteiger partial charge in [-0.1, -0.05) is 19.8 Å². The molecule has 0 spiro atoms. The van der Waals surface area contributed by atoms with Gasteiger partial charge in [0.2, 0.25) is 0 Å². The Balaban J connectivity index is 2.80. The van der Waals surface area contributed by atoms with Gasteiger partial charge in [0.05, 0.1) is 0 Å². The lowest BCUT2D eigenvalue weighted by Crippen LogP contribution is -2.60. The van der Waals surface area contributed by atoms with Crippen molar-refractivity contribution in [2.45, 2.75) is 64.5 Å². The van der Waals surface area contributed by atoms with Crippen LogP contribution in [0, 0.1) is 5.92 Å². The van der Waals surface area contributed by atoms with Gasteiger partial charge in [-0.3, -0.25) is 0 Å². The molecule has 0 aromatic carbocycles. The molecule has 5 nitrogen and oxygen atoms in total. The Bertz CT molecular complexity index is 334. The highest BCUT2D eigenvalue weighted by atomic mass is 16.6. The summed E-state index contributed by atoms with van der Waals surface area (Å²) in [5, 5.41) is 12.0. The van der Waals surface area contributed by atoms with Crippen molar-refractivity contribution in [2.24, 2.45) is 5.92 Å². The average Bonchev–Trinajstić information content (AvgIpc) is 2.18. The second kappa shape index (κ2) is 5.16. The molecule has 104 valence electrons. The molecule has 1 aliphatic carbocycles. The zero-order valence-corrected chi connectivity index (χ0v) is 11.6. The van der Waals surface area contributed by atoms with Gasteiger partial charge in [0.25, 0.3) is 0 Å². The van der Waals surface area contributed by atoms with E-state index >= 15 is 0 Å². The third-order valence-electron chi connectivity index (χ3n) is 3.41. The van der Waals surface area contributed by atoms with E-state index < -0.39 is 23.2 Å². The van der Waals surface area contributed by atoms with Gasteiger partial charge >= 0.3 is 12.1 Å². The maximum absolute atomic E-state index is 11.8. The maximum Gasteiger partial charge on any atom is 0.408 e. The Morgan fingerprint density at radius 1 is 1.33 bits per heavy atom. The number of rotatable bonds is 2.